The second-order valence-corrected chi connectivity index (χ2v) is 5.29. The van der Waals surface area contributed by atoms with Gasteiger partial charge in [-0.1, -0.05) is 32.0 Å². The molecule has 0 aliphatic heterocycles. The molecule has 1 aromatic heterocycles. The number of aromatic carboxylic acids is 1. The SMILES string of the molecule is Cc1ccc(C(C)C)cc1OCc1cccc(C(=O)O)n1. The number of carboxylic acid groups (broad SMARTS) is 1. The molecule has 1 aromatic carbocycles. The van der Waals surface area contributed by atoms with E-state index in [-0.39, 0.29) is 12.3 Å². The summed E-state index contributed by atoms with van der Waals surface area (Å²) in [4.78, 5) is 14.9. The Morgan fingerprint density at radius 1 is 1.29 bits per heavy atom. The van der Waals surface area contributed by atoms with Gasteiger partial charge in [0.15, 0.2) is 0 Å². The van der Waals surface area contributed by atoms with Crippen molar-refractivity contribution in [3.05, 3.63) is 58.9 Å². The van der Waals surface area contributed by atoms with Gasteiger partial charge < -0.3 is 9.84 Å². The fourth-order valence-corrected chi connectivity index (χ4v) is 1.96. The highest BCUT2D eigenvalue weighted by Crippen LogP contribution is 2.24. The third-order valence-electron chi connectivity index (χ3n) is 3.28. The number of carboxylic acids is 1. The number of hydrogen-bond acceptors (Lipinski definition) is 3. The first-order valence-electron chi connectivity index (χ1n) is 6.90. The van der Waals surface area contributed by atoms with Gasteiger partial charge in [0.25, 0.3) is 0 Å². The molecule has 110 valence electrons. The highest BCUT2D eigenvalue weighted by atomic mass is 16.5. The topological polar surface area (TPSA) is 59.4 Å². The van der Waals surface area contributed by atoms with Crippen LogP contribution in [0.1, 0.15) is 47.1 Å². The Kier molecular flexibility index (Phi) is 4.58. The number of hydrogen-bond donors (Lipinski definition) is 1. The fourth-order valence-electron chi connectivity index (χ4n) is 1.96. The maximum Gasteiger partial charge on any atom is 0.354 e. The van der Waals surface area contributed by atoms with Crippen molar-refractivity contribution in [2.24, 2.45) is 0 Å². The van der Waals surface area contributed by atoms with Crippen molar-refractivity contribution in [2.45, 2.75) is 33.3 Å². The van der Waals surface area contributed by atoms with Crippen molar-refractivity contribution in [1.82, 2.24) is 4.98 Å². The molecule has 1 N–H and O–H groups in total. The van der Waals surface area contributed by atoms with Crippen molar-refractivity contribution in [2.75, 3.05) is 0 Å². The lowest BCUT2D eigenvalue weighted by Crippen LogP contribution is -2.05. The van der Waals surface area contributed by atoms with E-state index in [0.717, 1.165) is 11.3 Å². The Morgan fingerprint density at radius 3 is 2.71 bits per heavy atom. The van der Waals surface area contributed by atoms with Crippen LogP contribution in [-0.4, -0.2) is 16.1 Å². The number of ether oxygens (including phenoxy) is 1. The average molecular weight is 285 g/mol. The lowest BCUT2D eigenvalue weighted by molar-refractivity contribution is 0.0690. The van der Waals surface area contributed by atoms with Gasteiger partial charge >= 0.3 is 5.97 Å². The monoisotopic (exact) mass is 285 g/mol. The van der Waals surface area contributed by atoms with Gasteiger partial charge in [0, 0.05) is 0 Å². The highest BCUT2D eigenvalue weighted by molar-refractivity contribution is 5.85. The van der Waals surface area contributed by atoms with E-state index in [0.29, 0.717) is 11.6 Å². The van der Waals surface area contributed by atoms with Crippen LogP contribution in [0.15, 0.2) is 36.4 Å². The van der Waals surface area contributed by atoms with Crippen molar-refractivity contribution >= 4 is 5.97 Å². The summed E-state index contributed by atoms with van der Waals surface area (Å²) in [5, 5.41) is 8.93. The summed E-state index contributed by atoms with van der Waals surface area (Å²) in [5.41, 5.74) is 2.89. The summed E-state index contributed by atoms with van der Waals surface area (Å²) in [6.07, 6.45) is 0. The minimum Gasteiger partial charge on any atom is -0.487 e. The van der Waals surface area contributed by atoms with E-state index in [4.69, 9.17) is 9.84 Å². The van der Waals surface area contributed by atoms with Gasteiger partial charge in [-0.3, -0.25) is 0 Å². The summed E-state index contributed by atoms with van der Waals surface area (Å²) in [7, 11) is 0. The molecule has 0 bridgehead atoms. The van der Waals surface area contributed by atoms with Crippen LogP contribution in [0.3, 0.4) is 0 Å². The Balaban J connectivity index is 2.14. The molecule has 4 heteroatoms. The van der Waals surface area contributed by atoms with Crippen LogP contribution in [0.25, 0.3) is 0 Å². The molecule has 0 radical (unpaired) electrons. The van der Waals surface area contributed by atoms with Crippen LogP contribution in [-0.2, 0) is 6.61 Å². The lowest BCUT2D eigenvalue weighted by atomic mass is 10.0. The molecular formula is C17H19NO3. The van der Waals surface area contributed by atoms with Gasteiger partial charge in [-0.25, -0.2) is 9.78 Å². The van der Waals surface area contributed by atoms with E-state index in [1.54, 1.807) is 12.1 Å². The quantitative estimate of drug-likeness (QED) is 0.908. The van der Waals surface area contributed by atoms with Gasteiger partial charge in [0.1, 0.15) is 18.1 Å². The molecule has 0 saturated carbocycles. The number of aryl methyl sites for hydroxylation is 1. The zero-order valence-electron chi connectivity index (χ0n) is 12.5. The maximum atomic E-state index is 10.9. The predicted octanol–water partition coefficient (Wildman–Crippen LogP) is 3.79. The predicted molar refractivity (Wildman–Crippen MR) is 80.8 cm³/mol. The summed E-state index contributed by atoms with van der Waals surface area (Å²) < 4.78 is 5.79. The van der Waals surface area contributed by atoms with Gasteiger partial charge in [-0.05, 0) is 42.2 Å². The molecule has 4 nitrogen and oxygen atoms in total. The first kappa shape index (κ1) is 15.0. The molecular weight excluding hydrogens is 266 g/mol. The Hall–Kier alpha value is -2.36. The molecule has 0 unspecified atom stereocenters. The van der Waals surface area contributed by atoms with Crippen molar-refractivity contribution < 1.29 is 14.6 Å². The smallest absolute Gasteiger partial charge is 0.354 e. The van der Waals surface area contributed by atoms with Gasteiger partial charge in [-0.15, -0.1) is 0 Å². The van der Waals surface area contributed by atoms with Crippen molar-refractivity contribution in [3.8, 4) is 5.75 Å². The molecule has 0 fully saturated rings. The molecule has 0 spiro atoms. The molecule has 21 heavy (non-hydrogen) atoms. The van der Waals surface area contributed by atoms with Crippen molar-refractivity contribution in [3.63, 3.8) is 0 Å². The Bertz CT molecular complexity index is 650. The summed E-state index contributed by atoms with van der Waals surface area (Å²) >= 11 is 0. The molecule has 2 rings (SSSR count). The standard InChI is InChI=1S/C17H19NO3/c1-11(2)13-8-7-12(3)16(9-13)21-10-14-5-4-6-15(18-14)17(19)20/h4-9,11H,10H2,1-3H3,(H,19,20). The highest BCUT2D eigenvalue weighted by Gasteiger charge is 2.08. The fraction of sp³-hybridized carbons (Fsp3) is 0.294. The van der Waals surface area contributed by atoms with Crippen LogP contribution in [0.5, 0.6) is 5.75 Å². The molecule has 2 aromatic rings. The molecule has 0 aliphatic rings. The minimum absolute atomic E-state index is 0.0313. The number of rotatable bonds is 5. The summed E-state index contributed by atoms with van der Waals surface area (Å²) in [6.45, 7) is 6.50. The van der Waals surface area contributed by atoms with Crippen LogP contribution < -0.4 is 4.74 Å². The van der Waals surface area contributed by atoms with Gasteiger partial charge in [0.2, 0.25) is 0 Å². The minimum atomic E-state index is -1.03. The lowest BCUT2D eigenvalue weighted by Gasteiger charge is -2.12. The molecule has 0 aliphatic carbocycles. The normalized spacial score (nSPS) is 10.7. The number of pyridine rings is 1. The number of carbonyl (C=O) groups is 1. The zero-order chi connectivity index (χ0) is 15.4. The van der Waals surface area contributed by atoms with Gasteiger partial charge in [-0.2, -0.15) is 0 Å². The van der Waals surface area contributed by atoms with Crippen molar-refractivity contribution in [1.29, 1.82) is 0 Å². The Labute approximate surface area is 124 Å². The first-order chi connectivity index (χ1) is 9.97. The molecule has 0 atom stereocenters. The maximum absolute atomic E-state index is 10.9. The van der Waals surface area contributed by atoms with Gasteiger partial charge in [0.05, 0.1) is 5.69 Å². The van der Waals surface area contributed by atoms with Crippen LogP contribution in [0.2, 0.25) is 0 Å². The van der Waals surface area contributed by atoms with E-state index in [1.807, 2.05) is 19.1 Å². The molecule has 0 saturated heterocycles. The van der Waals surface area contributed by atoms with E-state index in [9.17, 15) is 4.79 Å². The van der Waals surface area contributed by atoms with Crippen LogP contribution in [0.4, 0.5) is 0 Å². The largest absolute Gasteiger partial charge is 0.487 e. The number of aromatic nitrogens is 1. The van der Waals surface area contributed by atoms with E-state index in [1.165, 1.54) is 11.6 Å². The second kappa shape index (κ2) is 6.39. The summed E-state index contributed by atoms with van der Waals surface area (Å²) in [5.74, 6) is 0.208. The third kappa shape index (κ3) is 3.81. The molecule has 0 amide bonds. The van der Waals surface area contributed by atoms with E-state index >= 15 is 0 Å². The molecule has 1 heterocycles. The Morgan fingerprint density at radius 2 is 2.05 bits per heavy atom. The zero-order valence-corrected chi connectivity index (χ0v) is 12.5. The first-order valence-corrected chi connectivity index (χ1v) is 6.90. The number of nitrogens with zero attached hydrogens (tertiary/aromatic N) is 1. The summed E-state index contributed by atoms with van der Waals surface area (Å²) in [6, 6.07) is 11.1. The van der Waals surface area contributed by atoms with E-state index in [2.05, 4.69) is 24.9 Å². The van der Waals surface area contributed by atoms with Crippen LogP contribution >= 0.6 is 0 Å². The van der Waals surface area contributed by atoms with Crippen LogP contribution in [0, 0.1) is 6.92 Å². The second-order valence-electron chi connectivity index (χ2n) is 5.29. The number of benzene rings is 1. The third-order valence-corrected chi connectivity index (χ3v) is 3.28. The average Bonchev–Trinajstić information content (AvgIpc) is 2.46. The van der Waals surface area contributed by atoms with E-state index < -0.39 is 5.97 Å².